The molecule has 3 aromatic carbocycles. The Morgan fingerprint density at radius 2 is 1.69 bits per heavy atom. The molecule has 0 radical (unpaired) electrons. The fourth-order valence-corrected chi connectivity index (χ4v) is 5.90. The highest BCUT2D eigenvalue weighted by atomic mass is 32.1. The number of alkyl halides is 3. The zero-order chi connectivity index (χ0) is 31.6. The van der Waals surface area contributed by atoms with Crippen molar-refractivity contribution in [1.82, 2.24) is 19.8 Å². The SMILES string of the molecule is Cc1ccc(CN2CCN(C)CC2)cc1NC(=O)c1ccc(Nc2nc(-c3ccc(OC(F)(F)F)cc3)c3ccsc3n2)cc1. The van der Waals surface area contributed by atoms with Gasteiger partial charge in [-0.2, -0.15) is 0 Å². The van der Waals surface area contributed by atoms with Crippen LogP contribution in [0.1, 0.15) is 21.5 Å². The molecule has 0 spiro atoms. The molecule has 2 aromatic heterocycles. The largest absolute Gasteiger partial charge is 0.573 e. The van der Waals surface area contributed by atoms with Crippen LogP contribution in [0, 0.1) is 6.92 Å². The van der Waals surface area contributed by atoms with Crippen molar-refractivity contribution in [3.63, 3.8) is 0 Å². The molecule has 1 aliphatic rings. The van der Waals surface area contributed by atoms with E-state index in [-0.39, 0.29) is 11.7 Å². The molecule has 8 nitrogen and oxygen atoms in total. The highest BCUT2D eigenvalue weighted by molar-refractivity contribution is 7.16. The van der Waals surface area contributed by atoms with Gasteiger partial charge in [0.15, 0.2) is 0 Å². The van der Waals surface area contributed by atoms with Crippen molar-refractivity contribution < 1.29 is 22.7 Å². The number of carbonyl (C=O) groups excluding carboxylic acids is 1. The number of nitrogens with one attached hydrogen (secondary N) is 2. The number of aryl methyl sites for hydroxylation is 1. The van der Waals surface area contributed by atoms with Crippen LogP contribution in [0.25, 0.3) is 21.5 Å². The number of benzene rings is 3. The van der Waals surface area contributed by atoms with Crippen LogP contribution in [0.4, 0.5) is 30.5 Å². The molecule has 12 heteroatoms. The van der Waals surface area contributed by atoms with E-state index >= 15 is 0 Å². The molecule has 1 amide bonds. The van der Waals surface area contributed by atoms with Crippen molar-refractivity contribution in [2.75, 3.05) is 43.9 Å². The predicted molar refractivity (Wildman–Crippen MR) is 171 cm³/mol. The van der Waals surface area contributed by atoms with Gasteiger partial charge in [-0.15, -0.1) is 24.5 Å². The minimum atomic E-state index is -4.76. The summed E-state index contributed by atoms with van der Waals surface area (Å²) in [5.74, 6) is -0.198. The number of anilines is 3. The van der Waals surface area contributed by atoms with Gasteiger partial charge in [-0.25, -0.2) is 9.97 Å². The second-order valence-electron chi connectivity index (χ2n) is 11.0. The van der Waals surface area contributed by atoms with E-state index < -0.39 is 6.36 Å². The van der Waals surface area contributed by atoms with Gasteiger partial charge < -0.3 is 20.3 Å². The zero-order valence-corrected chi connectivity index (χ0v) is 25.5. The normalized spacial score (nSPS) is 14.4. The molecule has 0 saturated carbocycles. The lowest BCUT2D eigenvalue weighted by Gasteiger charge is -2.32. The van der Waals surface area contributed by atoms with Gasteiger partial charge >= 0.3 is 6.36 Å². The Morgan fingerprint density at radius 1 is 0.956 bits per heavy atom. The standard InChI is InChI=1S/C33H31F3N6O2S/c1-21-3-4-22(20-42-16-14-41(2)15-17-42)19-28(21)38-30(43)24-5-9-25(10-6-24)37-32-39-29(27-13-18-45-31(27)40-32)23-7-11-26(12-8-23)44-33(34,35)36/h3-13,18-19H,14-17,20H2,1-2H3,(H,38,43)(H,37,39,40). The Hall–Kier alpha value is -4.52. The van der Waals surface area contributed by atoms with Gasteiger partial charge in [0.1, 0.15) is 10.6 Å². The number of fused-ring (bicyclic) bond motifs is 1. The maximum Gasteiger partial charge on any atom is 0.573 e. The van der Waals surface area contributed by atoms with Gasteiger partial charge in [0.2, 0.25) is 5.95 Å². The molecule has 0 aliphatic carbocycles. The molecule has 1 aliphatic heterocycles. The first-order valence-corrected chi connectivity index (χ1v) is 15.3. The summed E-state index contributed by atoms with van der Waals surface area (Å²) >= 11 is 1.43. The van der Waals surface area contributed by atoms with Gasteiger partial charge in [-0.05, 0) is 91.1 Å². The van der Waals surface area contributed by atoms with Crippen molar-refractivity contribution >= 4 is 44.8 Å². The van der Waals surface area contributed by atoms with Crippen molar-refractivity contribution in [3.05, 3.63) is 94.9 Å². The van der Waals surface area contributed by atoms with Gasteiger partial charge in [0.25, 0.3) is 5.91 Å². The van der Waals surface area contributed by atoms with E-state index in [4.69, 9.17) is 0 Å². The summed E-state index contributed by atoms with van der Waals surface area (Å²) in [6, 6.07) is 20.6. The number of thiophene rings is 1. The smallest absolute Gasteiger partial charge is 0.406 e. The highest BCUT2D eigenvalue weighted by Crippen LogP contribution is 2.33. The summed E-state index contributed by atoms with van der Waals surface area (Å²) in [4.78, 5) is 27.9. The van der Waals surface area contributed by atoms with Crippen molar-refractivity contribution in [1.29, 1.82) is 0 Å². The topological polar surface area (TPSA) is 82.6 Å². The first-order chi connectivity index (χ1) is 21.6. The Labute approximate surface area is 262 Å². The van der Waals surface area contributed by atoms with Crippen LogP contribution in [0.15, 0.2) is 78.2 Å². The molecular formula is C33H31F3N6O2S. The molecule has 45 heavy (non-hydrogen) atoms. The van der Waals surface area contributed by atoms with Crippen LogP contribution < -0.4 is 15.4 Å². The quantitative estimate of drug-likeness (QED) is 0.186. The number of amides is 1. The monoisotopic (exact) mass is 632 g/mol. The first kappa shape index (κ1) is 30.5. The molecule has 0 bridgehead atoms. The van der Waals surface area contributed by atoms with Gasteiger partial charge in [-0.3, -0.25) is 9.69 Å². The minimum absolute atomic E-state index is 0.210. The average Bonchev–Trinajstić information content (AvgIpc) is 3.48. The molecule has 2 N–H and O–H groups in total. The van der Waals surface area contributed by atoms with Crippen LogP contribution in [0.2, 0.25) is 0 Å². The van der Waals surface area contributed by atoms with Gasteiger partial charge in [0.05, 0.1) is 5.69 Å². The summed E-state index contributed by atoms with van der Waals surface area (Å²) in [7, 11) is 2.14. The highest BCUT2D eigenvalue weighted by Gasteiger charge is 2.31. The molecule has 3 heterocycles. The van der Waals surface area contributed by atoms with E-state index in [1.807, 2.05) is 30.5 Å². The molecular weight excluding hydrogens is 601 g/mol. The summed E-state index contributed by atoms with van der Waals surface area (Å²) in [6.07, 6.45) is -4.76. The number of hydrogen-bond donors (Lipinski definition) is 2. The summed E-state index contributed by atoms with van der Waals surface area (Å²) < 4.78 is 41.8. The van der Waals surface area contributed by atoms with E-state index in [0.29, 0.717) is 28.5 Å². The van der Waals surface area contributed by atoms with Crippen molar-refractivity contribution in [3.8, 4) is 17.0 Å². The number of hydrogen-bond acceptors (Lipinski definition) is 8. The first-order valence-electron chi connectivity index (χ1n) is 14.4. The predicted octanol–water partition coefficient (Wildman–Crippen LogP) is 7.31. The average molecular weight is 633 g/mol. The molecule has 5 aromatic rings. The Balaban J connectivity index is 1.14. The summed E-state index contributed by atoms with van der Waals surface area (Å²) in [5.41, 5.74) is 5.30. The molecule has 0 unspecified atom stereocenters. The third-order valence-corrected chi connectivity index (χ3v) is 8.45. The second-order valence-corrected chi connectivity index (χ2v) is 11.9. The van der Waals surface area contributed by atoms with Gasteiger partial charge in [-0.1, -0.05) is 12.1 Å². The van der Waals surface area contributed by atoms with E-state index in [0.717, 1.165) is 59.8 Å². The summed E-state index contributed by atoms with van der Waals surface area (Å²) in [5, 5.41) is 8.91. The number of aromatic nitrogens is 2. The van der Waals surface area contributed by atoms with Gasteiger partial charge in [0, 0.05) is 60.6 Å². The number of ether oxygens (including phenoxy) is 1. The number of likely N-dealkylation sites (N-methyl/N-ethyl adjacent to an activating group) is 1. The lowest BCUT2D eigenvalue weighted by Crippen LogP contribution is -2.43. The van der Waals surface area contributed by atoms with Crippen LogP contribution in [-0.4, -0.2) is 65.3 Å². The Morgan fingerprint density at radius 3 is 2.40 bits per heavy atom. The maximum absolute atomic E-state index is 13.2. The zero-order valence-electron chi connectivity index (χ0n) is 24.7. The fourth-order valence-electron chi connectivity index (χ4n) is 5.14. The van der Waals surface area contributed by atoms with Crippen molar-refractivity contribution in [2.24, 2.45) is 0 Å². The fraction of sp³-hybridized carbons (Fsp3) is 0.242. The third kappa shape index (κ3) is 7.59. The Kier molecular flexibility index (Phi) is 8.70. The summed E-state index contributed by atoms with van der Waals surface area (Å²) in [6.45, 7) is 6.96. The molecule has 232 valence electrons. The molecule has 6 rings (SSSR count). The number of carbonyl (C=O) groups is 1. The molecule has 1 fully saturated rings. The van der Waals surface area contributed by atoms with Crippen LogP contribution in [0.5, 0.6) is 5.75 Å². The van der Waals surface area contributed by atoms with E-state index in [2.05, 4.69) is 48.3 Å². The molecule has 1 saturated heterocycles. The third-order valence-electron chi connectivity index (χ3n) is 7.64. The van der Waals surface area contributed by atoms with Crippen molar-refractivity contribution in [2.45, 2.75) is 19.8 Å². The van der Waals surface area contributed by atoms with Crippen LogP contribution >= 0.6 is 11.3 Å². The second kappa shape index (κ2) is 12.8. The number of rotatable bonds is 8. The maximum atomic E-state index is 13.2. The lowest BCUT2D eigenvalue weighted by molar-refractivity contribution is -0.274. The number of nitrogens with zero attached hydrogens (tertiary/aromatic N) is 4. The van der Waals surface area contributed by atoms with Crippen LogP contribution in [-0.2, 0) is 6.54 Å². The molecule has 0 atom stereocenters. The Bertz CT molecular complexity index is 1800. The number of halogens is 3. The lowest BCUT2D eigenvalue weighted by atomic mass is 10.1. The minimum Gasteiger partial charge on any atom is -0.406 e. The van der Waals surface area contributed by atoms with E-state index in [1.54, 1.807) is 24.3 Å². The van der Waals surface area contributed by atoms with E-state index in [1.165, 1.54) is 35.6 Å². The number of piperazine rings is 1. The van der Waals surface area contributed by atoms with Crippen LogP contribution in [0.3, 0.4) is 0 Å². The van der Waals surface area contributed by atoms with E-state index in [9.17, 15) is 18.0 Å².